The van der Waals surface area contributed by atoms with Gasteiger partial charge < -0.3 is 5.11 Å². The van der Waals surface area contributed by atoms with Crippen LogP contribution in [0.2, 0.25) is 0 Å². The minimum Gasteiger partial charge on any atom is -0.512 e. The molecule has 229 valence electrons. The first-order valence-corrected chi connectivity index (χ1v) is 16.0. The van der Waals surface area contributed by atoms with Crippen molar-refractivity contribution in [1.82, 2.24) is 9.97 Å². The van der Waals surface area contributed by atoms with E-state index in [1.807, 2.05) is 33.9 Å². The summed E-state index contributed by atoms with van der Waals surface area (Å²) in [6, 6.07) is 16.4. The Bertz CT molecular complexity index is 1690. The van der Waals surface area contributed by atoms with Gasteiger partial charge in [0.2, 0.25) is 0 Å². The summed E-state index contributed by atoms with van der Waals surface area (Å²) >= 11 is 0. The van der Waals surface area contributed by atoms with E-state index in [0.717, 1.165) is 53.9 Å². The van der Waals surface area contributed by atoms with Gasteiger partial charge in [0.1, 0.15) is 0 Å². The van der Waals surface area contributed by atoms with E-state index in [9.17, 15) is 9.90 Å². The van der Waals surface area contributed by atoms with Gasteiger partial charge in [-0.05, 0) is 74.0 Å². The van der Waals surface area contributed by atoms with Gasteiger partial charge in [-0.1, -0.05) is 82.2 Å². The molecule has 2 aromatic carbocycles. The van der Waals surface area contributed by atoms with Crippen molar-refractivity contribution < 1.29 is 30.0 Å². The first-order chi connectivity index (χ1) is 20.2. The molecule has 2 aliphatic rings. The van der Waals surface area contributed by atoms with Crippen LogP contribution in [-0.4, -0.2) is 20.9 Å². The Morgan fingerprint density at radius 2 is 1.67 bits per heavy atom. The molecule has 5 heteroatoms. The molecule has 1 radical (unpaired) electrons. The maximum absolute atomic E-state index is 11.7. The summed E-state index contributed by atoms with van der Waals surface area (Å²) in [4.78, 5) is 21.7. The van der Waals surface area contributed by atoms with E-state index in [2.05, 4.69) is 56.3 Å². The third-order valence-corrected chi connectivity index (χ3v) is 9.69. The Kier molecular flexibility index (Phi) is 10.6. The number of benzene rings is 2. The molecule has 0 fully saturated rings. The number of carbonyl (C=O) groups is 1. The molecular weight excluding hydrogens is 709 g/mol. The zero-order valence-electron chi connectivity index (χ0n) is 26.5. The second kappa shape index (κ2) is 13.8. The second-order valence-corrected chi connectivity index (χ2v) is 12.4. The van der Waals surface area contributed by atoms with Crippen LogP contribution in [0.1, 0.15) is 104 Å². The Morgan fingerprint density at radius 1 is 1.00 bits per heavy atom. The van der Waals surface area contributed by atoms with Crippen LogP contribution in [0.3, 0.4) is 0 Å². The summed E-state index contributed by atoms with van der Waals surface area (Å²) in [5.41, 5.74) is 7.74. The first-order valence-electron chi connectivity index (χ1n) is 16.0. The Balaban J connectivity index is 0.000000230. The topological polar surface area (TPSA) is 63.1 Å². The molecule has 0 amide bonds. The zero-order valence-corrected chi connectivity index (χ0v) is 28.9. The predicted molar refractivity (Wildman–Crippen MR) is 176 cm³/mol. The van der Waals surface area contributed by atoms with Crippen LogP contribution >= 0.6 is 0 Å². The summed E-state index contributed by atoms with van der Waals surface area (Å²) in [6.45, 7) is 12.8. The molecule has 0 bridgehead atoms. The van der Waals surface area contributed by atoms with Gasteiger partial charge in [-0.15, -0.1) is 17.5 Å². The van der Waals surface area contributed by atoms with Crippen LogP contribution in [0, 0.1) is 17.9 Å². The molecule has 6 rings (SSSR count). The number of fused-ring (bicyclic) bond motifs is 4. The van der Waals surface area contributed by atoms with Gasteiger partial charge in [-0.3, -0.25) is 14.8 Å². The summed E-state index contributed by atoms with van der Waals surface area (Å²) in [7, 11) is 0. The number of aliphatic hydroxyl groups is 1. The van der Waals surface area contributed by atoms with Crippen molar-refractivity contribution in [2.75, 3.05) is 0 Å². The average molecular weight is 754 g/mol. The number of allylic oxidation sites excluding steroid dienone is 4. The van der Waals surface area contributed by atoms with Crippen molar-refractivity contribution in [2.45, 2.75) is 98.3 Å². The van der Waals surface area contributed by atoms with Crippen LogP contribution in [0.4, 0.5) is 0 Å². The number of hydrogen-bond acceptors (Lipinski definition) is 4. The number of carbonyl (C=O) groups excluding carboxylic acids is 1. The van der Waals surface area contributed by atoms with Gasteiger partial charge in [0.05, 0.1) is 11.5 Å². The number of ketones is 1. The molecule has 0 saturated carbocycles. The number of rotatable bonds is 7. The van der Waals surface area contributed by atoms with E-state index in [-0.39, 0.29) is 48.9 Å². The molecule has 0 saturated heterocycles. The molecule has 0 aliphatic heterocycles. The standard InChI is InChI=1S/C25H21N2.C13H24O2.Ir/c1-25(2)19-10-6-5-9-17(19)24-22-20(25)11-12-26-23(22)18-13-15-7-3-4-8-16(15)14-21(18)27-24;1-5-10(6-2)12(14)9-13(15)11(7-3)8-4;/h3-4,7-8,11-12,14H,5-6,9-10H2,1-2H3;9-11,14H,5-8H2,1-4H3;/q-1;;/b;12-9-;. The van der Waals surface area contributed by atoms with Gasteiger partial charge in [-0.2, -0.15) is 0 Å². The van der Waals surface area contributed by atoms with Crippen molar-refractivity contribution in [3.63, 3.8) is 0 Å². The van der Waals surface area contributed by atoms with Crippen LogP contribution in [0.25, 0.3) is 38.2 Å². The monoisotopic (exact) mass is 754 g/mol. The summed E-state index contributed by atoms with van der Waals surface area (Å²) in [5, 5.41) is 14.4. The summed E-state index contributed by atoms with van der Waals surface area (Å²) < 4.78 is 0. The maximum atomic E-state index is 11.7. The largest absolute Gasteiger partial charge is 0.512 e. The summed E-state index contributed by atoms with van der Waals surface area (Å²) in [6.07, 6.45) is 11.8. The fraction of sp³-hybridized carbons (Fsp3) is 0.447. The van der Waals surface area contributed by atoms with E-state index in [0.29, 0.717) is 0 Å². The molecule has 2 heterocycles. The molecule has 43 heavy (non-hydrogen) atoms. The van der Waals surface area contributed by atoms with Crippen molar-refractivity contribution in [2.24, 2.45) is 11.8 Å². The smallest absolute Gasteiger partial charge is 0.162 e. The van der Waals surface area contributed by atoms with Gasteiger partial charge in [0.15, 0.2) is 5.78 Å². The van der Waals surface area contributed by atoms with Crippen molar-refractivity contribution in [3.8, 4) is 0 Å². The molecule has 0 atom stereocenters. The van der Waals surface area contributed by atoms with Crippen LogP contribution in [-0.2, 0) is 30.3 Å². The van der Waals surface area contributed by atoms with Gasteiger partial charge >= 0.3 is 0 Å². The molecule has 1 N–H and O–H groups in total. The number of pyridine rings is 2. The molecule has 0 spiro atoms. The number of hydrogen-bond donors (Lipinski definition) is 1. The zero-order chi connectivity index (χ0) is 30.0. The minimum absolute atomic E-state index is 0. The SMILES string of the molecule is CC1(C)C2=C(CCCC2)c2nc3cc4ccccc4[c-]c3c3nccc1c23.CCC(CC)C(=O)/C=C(\O)C(CC)CC.[Ir]. The molecule has 2 aromatic heterocycles. The van der Waals surface area contributed by atoms with E-state index < -0.39 is 0 Å². The van der Waals surface area contributed by atoms with E-state index in [4.69, 9.17) is 9.97 Å². The van der Waals surface area contributed by atoms with E-state index in [1.54, 1.807) is 5.57 Å². The second-order valence-electron chi connectivity index (χ2n) is 12.4. The normalized spacial score (nSPS) is 15.9. The third kappa shape index (κ3) is 6.22. The Hall–Kier alpha value is -2.88. The maximum Gasteiger partial charge on any atom is 0.162 e. The molecular formula is C38H45IrN2O2-. The van der Waals surface area contributed by atoms with Crippen LogP contribution in [0.5, 0.6) is 0 Å². The van der Waals surface area contributed by atoms with Crippen LogP contribution < -0.4 is 0 Å². The molecule has 4 nitrogen and oxygen atoms in total. The van der Waals surface area contributed by atoms with Crippen molar-refractivity contribution >= 4 is 43.9 Å². The Morgan fingerprint density at radius 3 is 2.37 bits per heavy atom. The fourth-order valence-electron chi connectivity index (χ4n) is 7.03. The van der Waals surface area contributed by atoms with Gasteiger partial charge in [0.25, 0.3) is 0 Å². The third-order valence-electron chi connectivity index (χ3n) is 9.69. The van der Waals surface area contributed by atoms with Gasteiger partial charge in [-0.25, -0.2) is 0 Å². The number of aliphatic hydroxyl groups excluding tert-OH is 1. The predicted octanol–water partition coefficient (Wildman–Crippen LogP) is 10.2. The van der Waals surface area contributed by atoms with Crippen molar-refractivity contribution in [1.29, 1.82) is 0 Å². The molecule has 2 aliphatic carbocycles. The fourth-order valence-corrected chi connectivity index (χ4v) is 7.03. The number of aromatic nitrogens is 2. The summed E-state index contributed by atoms with van der Waals surface area (Å²) in [5.74, 6) is 0.547. The minimum atomic E-state index is 0. The van der Waals surface area contributed by atoms with Crippen LogP contribution in [0.15, 0.2) is 60.0 Å². The molecule has 4 aromatic rings. The molecule has 0 unspecified atom stereocenters. The number of nitrogens with zero attached hydrogens (tertiary/aromatic N) is 2. The van der Waals surface area contributed by atoms with Crippen molar-refractivity contribution in [3.05, 3.63) is 77.3 Å². The average Bonchev–Trinajstić information content (AvgIpc) is 3.00. The van der Waals surface area contributed by atoms with E-state index in [1.165, 1.54) is 52.9 Å². The Labute approximate surface area is 270 Å². The quantitative estimate of drug-likeness (QED) is 0.0671. The first kappa shape index (κ1) is 33.0. The van der Waals surface area contributed by atoms with E-state index >= 15 is 0 Å². The van der Waals surface area contributed by atoms with Gasteiger partial charge in [0, 0.05) is 60.7 Å².